The van der Waals surface area contributed by atoms with Crippen molar-refractivity contribution in [2.75, 3.05) is 31.9 Å². The highest BCUT2D eigenvalue weighted by molar-refractivity contribution is 5.97. The van der Waals surface area contributed by atoms with Gasteiger partial charge in [-0.3, -0.25) is 14.5 Å². The maximum absolute atomic E-state index is 14.8. The minimum absolute atomic E-state index is 0.136. The van der Waals surface area contributed by atoms with Crippen molar-refractivity contribution in [1.29, 1.82) is 0 Å². The molecule has 0 aliphatic carbocycles. The van der Waals surface area contributed by atoms with Crippen LogP contribution < -0.4 is 11.1 Å². The van der Waals surface area contributed by atoms with E-state index in [4.69, 9.17) is 5.73 Å². The Morgan fingerprint density at radius 3 is 2.56 bits per heavy atom. The minimum Gasteiger partial charge on any atom is -0.382 e. The van der Waals surface area contributed by atoms with E-state index in [9.17, 15) is 27.2 Å². The Morgan fingerprint density at radius 1 is 1.17 bits per heavy atom. The van der Waals surface area contributed by atoms with Crippen LogP contribution in [0.3, 0.4) is 0 Å². The number of nitrogen functional groups attached to an aromatic ring is 1. The van der Waals surface area contributed by atoms with Crippen molar-refractivity contribution in [3.8, 4) is 11.3 Å². The average molecular weight is 576 g/mol. The topological polar surface area (TPSA) is 109 Å². The summed E-state index contributed by atoms with van der Waals surface area (Å²) >= 11 is 0. The van der Waals surface area contributed by atoms with Crippen LogP contribution in [0.15, 0.2) is 30.6 Å². The van der Waals surface area contributed by atoms with E-state index < -0.39 is 35.6 Å². The van der Waals surface area contributed by atoms with Crippen molar-refractivity contribution in [2.45, 2.75) is 64.0 Å². The number of hydrogen-bond donors (Lipinski definition) is 2. The Hall–Kier alpha value is -3.74. The number of nitrogens with two attached hydrogens (primary N) is 1. The monoisotopic (exact) mass is 575 g/mol. The molecule has 13 heteroatoms. The van der Waals surface area contributed by atoms with Crippen molar-refractivity contribution in [3.05, 3.63) is 47.3 Å². The fourth-order valence-corrected chi connectivity index (χ4v) is 5.46. The van der Waals surface area contributed by atoms with E-state index in [1.807, 2.05) is 17.0 Å². The Kier molecular flexibility index (Phi) is 7.43. The molecule has 2 atom stereocenters. The summed E-state index contributed by atoms with van der Waals surface area (Å²) in [7, 11) is 0. The first-order valence-electron chi connectivity index (χ1n) is 13.5. The molecule has 0 unspecified atom stereocenters. The largest absolute Gasteiger partial charge is 0.382 e. The molecular weight excluding hydrogens is 542 g/mol. The van der Waals surface area contributed by atoms with Crippen molar-refractivity contribution in [1.82, 2.24) is 29.7 Å². The number of hydrogen-bond acceptors (Lipinski definition) is 6. The summed E-state index contributed by atoms with van der Waals surface area (Å²) in [6, 6.07) is 6.10. The number of benzene rings is 1. The maximum Gasteiger partial charge on any atom is 0.259 e. The highest BCUT2D eigenvalue weighted by Gasteiger charge is 2.41. The number of aryl methyl sites for hydroxylation is 1. The molecule has 3 aromatic rings. The zero-order valence-corrected chi connectivity index (χ0v) is 23.1. The van der Waals surface area contributed by atoms with Gasteiger partial charge in [0.25, 0.3) is 17.7 Å². The molecule has 3 N–H and O–H groups in total. The van der Waals surface area contributed by atoms with Crippen LogP contribution in [0.5, 0.6) is 0 Å². The predicted molar refractivity (Wildman–Crippen MR) is 145 cm³/mol. The van der Waals surface area contributed by atoms with E-state index in [2.05, 4.69) is 15.4 Å². The average Bonchev–Trinajstić information content (AvgIpc) is 3.45. The summed E-state index contributed by atoms with van der Waals surface area (Å²) in [6.07, 6.45) is -0.662. The number of carbonyl (C=O) groups is 2. The Bertz CT molecular complexity index is 1480. The first-order chi connectivity index (χ1) is 19.2. The van der Waals surface area contributed by atoms with Crippen LogP contribution >= 0.6 is 0 Å². The zero-order valence-electron chi connectivity index (χ0n) is 23.1. The van der Waals surface area contributed by atoms with Crippen LogP contribution in [0.1, 0.15) is 48.2 Å². The number of rotatable bonds is 6. The lowest BCUT2D eigenvalue weighted by molar-refractivity contribution is -0.141. The predicted octanol–water partition coefficient (Wildman–Crippen LogP) is 3.54. The molecule has 41 heavy (non-hydrogen) atoms. The van der Waals surface area contributed by atoms with Crippen LogP contribution in [0.2, 0.25) is 0 Å². The van der Waals surface area contributed by atoms with Crippen LogP contribution in [-0.2, 0) is 11.3 Å². The molecule has 9 nitrogen and oxygen atoms in total. The van der Waals surface area contributed by atoms with Crippen LogP contribution in [0.4, 0.5) is 23.4 Å². The van der Waals surface area contributed by atoms with Gasteiger partial charge in [0.2, 0.25) is 0 Å². The summed E-state index contributed by atoms with van der Waals surface area (Å²) in [4.78, 5) is 32.7. The number of nitrogens with one attached hydrogen (secondary N) is 1. The lowest BCUT2D eigenvalue weighted by Gasteiger charge is -2.31. The molecule has 0 spiro atoms. The third kappa shape index (κ3) is 5.85. The van der Waals surface area contributed by atoms with E-state index in [0.29, 0.717) is 34.4 Å². The summed E-state index contributed by atoms with van der Waals surface area (Å²) < 4.78 is 57.9. The fourth-order valence-electron chi connectivity index (χ4n) is 5.46. The van der Waals surface area contributed by atoms with E-state index >= 15 is 0 Å². The molecule has 1 aromatic carbocycles. The molecular formula is C28H33F4N7O2. The third-order valence-corrected chi connectivity index (χ3v) is 7.78. The van der Waals surface area contributed by atoms with Gasteiger partial charge in [-0.05, 0) is 44.0 Å². The number of likely N-dealkylation sites (tertiary alicyclic amines) is 2. The molecule has 4 heterocycles. The summed E-state index contributed by atoms with van der Waals surface area (Å²) in [5, 5.41) is 7.02. The number of anilines is 1. The van der Waals surface area contributed by atoms with E-state index in [1.165, 1.54) is 6.33 Å². The smallest absolute Gasteiger partial charge is 0.259 e. The van der Waals surface area contributed by atoms with Crippen molar-refractivity contribution in [2.24, 2.45) is 0 Å². The standard InChI is InChI=1S/C28H33F4N7O2/c1-16-4-5-17(10-19(16)25(40)36-21-14-38(13-20(21)29)26(41)27(2,3)30)22-11-18(23-24(33)34-15-35-39(22)23)12-37-8-6-28(31,32)7-9-37/h4-5,10-11,15,20-21H,6-9,12-14H2,1-3H3,(H,36,40)(H2,33,34,35)/t20-,21+/m0/s1. The maximum atomic E-state index is 14.8. The van der Waals surface area contributed by atoms with Crippen LogP contribution in [-0.4, -0.2) is 86.2 Å². The summed E-state index contributed by atoms with van der Waals surface area (Å²) in [5.74, 6) is -3.79. The van der Waals surface area contributed by atoms with E-state index in [1.54, 1.807) is 23.6 Å². The third-order valence-electron chi connectivity index (χ3n) is 7.78. The van der Waals surface area contributed by atoms with Gasteiger partial charge in [0, 0.05) is 50.1 Å². The molecule has 220 valence electrons. The second kappa shape index (κ2) is 10.6. The number of halogens is 4. The molecule has 2 fully saturated rings. The van der Waals surface area contributed by atoms with Crippen molar-refractivity contribution in [3.63, 3.8) is 0 Å². The summed E-state index contributed by atoms with van der Waals surface area (Å²) in [6.45, 7) is 4.40. The number of fused-ring (bicyclic) bond motifs is 1. The van der Waals surface area contributed by atoms with Gasteiger partial charge in [-0.25, -0.2) is 27.1 Å². The van der Waals surface area contributed by atoms with Gasteiger partial charge in [0.05, 0.1) is 18.3 Å². The Labute approximate surface area is 234 Å². The first-order valence-corrected chi connectivity index (χ1v) is 13.5. The Balaban J connectivity index is 1.40. The quantitative estimate of drug-likeness (QED) is 0.436. The minimum atomic E-state index is -2.66. The number of aromatic nitrogens is 3. The SMILES string of the molecule is Cc1ccc(-c2cc(CN3CCC(F)(F)CC3)c3c(N)ncnn23)cc1C(=O)N[C@@H]1CN(C(=O)C(C)(C)F)C[C@@H]1F. The molecule has 2 saturated heterocycles. The molecule has 5 rings (SSSR count). The number of piperidine rings is 1. The first kappa shape index (κ1) is 28.8. The lowest BCUT2D eigenvalue weighted by atomic mass is 10.0. The normalized spacial score (nSPS) is 21.4. The molecule has 0 radical (unpaired) electrons. The number of alkyl halides is 4. The number of amides is 2. The molecule has 2 aromatic heterocycles. The van der Waals surface area contributed by atoms with Gasteiger partial charge in [-0.2, -0.15) is 5.10 Å². The molecule has 2 amide bonds. The number of carbonyl (C=O) groups excluding carboxylic acids is 2. The number of nitrogens with zero attached hydrogens (tertiary/aromatic N) is 5. The van der Waals surface area contributed by atoms with Crippen molar-refractivity contribution < 1.29 is 27.2 Å². The van der Waals surface area contributed by atoms with Gasteiger partial charge in [0.15, 0.2) is 11.5 Å². The summed E-state index contributed by atoms with van der Waals surface area (Å²) in [5.41, 5.74) is 7.56. The van der Waals surface area contributed by atoms with Crippen LogP contribution in [0, 0.1) is 6.92 Å². The van der Waals surface area contributed by atoms with E-state index in [-0.39, 0.29) is 44.8 Å². The lowest BCUT2D eigenvalue weighted by Crippen LogP contribution is -2.44. The van der Waals surface area contributed by atoms with Gasteiger partial charge in [-0.15, -0.1) is 0 Å². The second-order valence-corrected chi connectivity index (χ2v) is 11.4. The highest BCUT2D eigenvalue weighted by atomic mass is 19.3. The van der Waals surface area contributed by atoms with E-state index in [0.717, 1.165) is 24.3 Å². The van der Waals surface area contributed by atoms with Gasteiger partial charge in [0.1, 0.15) is 18.0 Å². The van der Waals surface area contributed by atoms with Crippen LogP contribution in [0.25, 0.3) is 16.8 Å². The second-order valence-electron chi connectivity index (χ2n) is 11.4. The van der Waals surface area contributed by atoms with Crippen molar-refractivity contribution >= 4 is 23.1 Å². The molecule has 2 aliphatic heterocycles. The zero-order chi connectivity index (χ0) is 29.7. The Morgan fingerprint density at radius 2 is 1.88 bits per heavy atom. The molecule has 2 aliphatic rings. The highest BCUT2D eigenvalue weighted by Crippen LogP contribution is 2.33. The fraction of sp³-hybridized carbons (Fsp3) is 0.500. The van der Waals surface area contributed by atoms with Gasteiger partial charge < -0.3 is 16.0 Å². The van der Waals surface area contributed by atoms with Gasteiger partial charge in [-0.1, -0.05) is 12.1 Å². The molecule has 0 bridgehead atoms. The van der Waals surface area contributed by atoms with Gasteiger partial charge >= 0.3 is 0 Å². The molecule has 0 saturated carbocycles.